The number of unbranched alkanes of at least 4 members (excludes halogenated alkanes) is 3. The van der Waals surface area contributed by atoms with Crippen molar-refractivity contribution in [2.45, 2.75) is 52.5 Å². The lowest BCUT2D eigenvalue weighted by molar-refractivity contribution is 0.0706. The van der Waals surface area contributed by atoms with Crippen LogP contribution < -0.4 is 11.3 Å². The highest BCUT2D eigenvalue weighted by molar-refractivity contribution is 6.60. The van der Waals surface area contributed by atoms with E-state index >= 15 is 0 Å². The predicted molar refractivity (Wildman–Crippen MR) is 76.1 cm³/mol. The molecule has 0 aromatic heterocycles. The Morgan fingerprint density at radius 2 is 1.33 bits per heavy atom. The van der Waals surface area contributed by atoms with E-state index in [1.54, 1.807) is 0 Å². The van der Waals surface area contributed by atoms with Crippen LogP contribution in [0.1, 0.15) is 46.5 Å². The van der Waals surface area contributed by atoms with E-state index < -0.39 is 8.80 Å². The Labute approximate surface area is 113 Å². The second-order valence-corrected chi connectivity index (χ2v) is 6.83. The predicted octanol–water partition coefficient (Wildman–Crippen LogP) is 2.06. The fourth-order valence-electron chi connectivity index (χ4n) is 1.92. The van der Waals surface area contributed by atoms with E-state index in [2.05, 4.69) is 5.43 Å². The molecule has 0 unspecified atom stereocenters. The average Bonchev–Trinajstić information content (AvgIpc) is 2.35. The van der Waals surface area contributed by atoms with Crippen LogP contribution in [0.3, 0.4) is 0 Å². The zero-order valence-corrected chi connectivity index (χ0v) is 13.2. The van der Waals surface area contributed by atoms with Gasteiger partial charge in [-0.1, -0.05) is 12.8 Å². The van der Waals surface area contributed by atoms with E-state index in [0.717, 1.165) is 25.4 Å². The third-order valence-corrected chi connectivity index (χ3v) is 5.80. The first-order chi connectivity index (χ1) is 8.74. The second kappa shape index (κ2) is 12.1. The van der Waals surface area contributed by atoms with Crippen LogP contribution in [0.15, 0.2) is 0 Å². The minimum atomic E-state index is -2.40. The molecule has 0 aliphatic heterocycles. The minimum absolute atomic E-state index is 0.656. The lowest BCUT2D eigenvalue weighted by atomic mass is 10.2. The molecule has 0 radical (unpaired) electrons. The fourth-order valence-corrected chi connectivity index (χ4v) is 4.61. The van der Waals surface area contributed by atoms with Crippen LogP contribution in [0.5, 0.6) is 0 Å². The second-order valence-electron chi connectivity index (χ2n) is 4.10. The number of hydrogen-bond acceptors (Lipinski definition) is 5. The summed E-state index contributed by atoms with van der Waals surface area (Å²) in [5, 5.41) is 0. The van der Waals surface area contributed by atoms with Crippen LogP contribution in [0.2, 0.25) is 6.04 Å². The van der Waals surface area contributed by atoms with Gasteiger partial charge in [0.15, 0.2) is 0 Å². The molecule has 0 atom stereocenters. The van der Waals surface area contributed by atoms with Gasteiger partial charge in [0.1, 0.15) is 0 Å². The highest BCUT2D eigenvalue weighted by Crippen LogP contribution is 2.20. The zero-order chi connectivity index (χ0) is 13.7. The molecule has 0 aromatic carbocycles. The quantitative estimate of drug-likeness (QED) is 0.234. The number of hydrazine groups is 1. The lowest BCUT2D eigenvalue weighted by Crippen LogP contribution is -2.45. The van der Waals surface area contributed by atoms with Crippen LogP contribution in [0, 0.1) is 0 Å². The Morgan fingerprint density at radius 3 is 1.78 bits per heavy atom. The molecule has 18 heavy (non-hydrogen) atoms. The molecule has 5 nitrogen and oxygen atoms in total. The third kappa shape index (κ3) is 8.18. The lowest BCUT2D eigenvalue weighted by Gasteiger charge is -2.28. The smallest absolute Gasteiger partial charge is 0.374 e. The minimum Gasteiger partial charge on any atom is -0.374 e. The Bertz CT molecular complexity index is 168. The van der Waals surface area contributed by atoms with E-state index in [0.29, 0.717) is 19.8 Å². The van der Waals surface area contributed by atoms with Gasteiger partial charge in [0.2, 0.25) is 0 Å². The first kappa shape index (κ1) is 18.0. The number of rotatable bonds is 13. The summed E-state index contributed by atoms with van der Waals surface area (Å²) in [5.41, 5.74) is 2.67. The number of hydrogen-bond donors (Lipinski definition) is 2. The summed E-state index contributed by atoms with van der Waals surface area (Å²) in [4.78, 5) is 0. The Kier molecular flexibility index (Phi) is 12.1. The molecule has 0 heterocycles. The zero-order valence-electron chi connectivity index (χ0n) is 12.2. The van der Waals surface area contributed by atoms with Crippen molar-refractivity contribution in [3.05, 3.63) is 0 Å². The van der Waals surface area contributed by atoms with E-state index in [-0.39, 0.29) is 0 Å². The topological polar surface area (TPSA) is 65.7 Å². The molecular weight excluding hydrogens is 248 g/mol. The van der Waals surface area contributed by atoms with Crippen LogP contribution in [-0.2, 0) is 13.3 Å². The van der Waals surface area contributed by atoms with Gasteiger partial charge in [-0.2, -0.15) is 0 Å². The fraction of sp³-hybridized carbons (Fsp3) is 1.00. The molecule has 6 heteroatoms. The van der Waals surface area contributed by atoms with E-state index in [4.69, 9.17) is 19.1 Å². The molecule has 0 aliphatic rings. The first-order valence-electron chi connectivity index (χ1n) is 7.10. The molecule has 0 bridgehead atoms. The monoisotopic (exact) mass is 278 g/mol. The summed E-state index contributed by atoms with van der Waals surface area (Å²) < 4.78 is 17.4. The molecular formula is C12H30N2O3Si. The molecule has 0 rings (SSSR count). The van der Waals surface area contributed by atoms with Gasteiger partial charge in [0, 0.05) is 32.4 Å². The van der Waals surface area contributed by atoms with Crippen molar-refractivity contribution in [3.8, 4) is 0 Å². The van der Waals surface area contributed by atoms with Crippen molar-refractivity contribution in [1.82, 2.24) is 5.43 Å². The van der Waals surface area contributed by atoms with Crippen LogP contribution in [0.4, 0.5) is 0 Å². The Morgan fingerprint density at radius 1 is 0.833 bits per heavy atom. The molecule has 0 spiro atoms. The van der Waals surface area contributed by atoms with Gasteiger partial charge >= 0.3 is 8.80 Å². The van der Waals surface area contributed by atoms with Crippen molar-refractivity contribution < 1.29 is 13.3 Å². The van der Waals surface area contributed by atoms with Crippen molar-refractivity contribution in [2.75, 3.05) is 26.4 Å². The maximum absolute atomic E-state index is 5.80. The van der Waals surface area contributed by atoms with Crippen molar-refractivity contribution in [1.29, 1.82) is 0 Å². The van der Waals surface area contributed by atoms with Crippen molar-refractivity contribution in [2.24, 2.45) is 5.84 Å². The third-order valence-electron chi connectivity index (χ3n) is 2.65. The molecule has 3 N–H and O–H groups in total. The van der Waals surface area contributed by atoms with Crippen molar-refractivity contribution >= 4 is 8.80 Å². The standard InChI is InChI=1S/C12H30N2O3Si/c1-4-15-18(16-5-2,17-6-3)12-10-8-7-9-11-14-13/h14H,4-13H2,1-3H3. The number of nitrogens with one attached hydrogen (secondary N) is 1. The summed E-state index contributed by atoms with van der Waals surface area (Å²) >= 11 is 0. The molecule has 0 aromatic rings. The highest BCUT2D eigenvalue weighted by atomic mass is 28.4. The molecule has 0 aliphatic carbocycles. The van der Waals surface area contributed by atoms with Gasteiger partial charge in [-0.05, 0) is 33.6 Å². The molecule has 0 saturated heterocycles. The normalized spacial score (nSPS) is 12.0. The van der Waals surface area contributed by atoms with E-state index in [1.165, 1.54) is 12.8 Å². The van der Waals surface area contributed by atoms with Crippen molar-refractivity contribution in [3.63, 3.8) is 0 Å². The summed E-state index contributed by atoms with van der Waals surface area (Å²) in [7, 11) is -2.40. The van der Waals surface area contributed by atoms with Gasteiger partial charge in [0.05, 0.1) is 0 Å². The van der Waals surface area contributed by atoms with Crippen LogP contribution in [0.25, 0.3) is 0 Å². The highest BCUT2D eigenvalue weighted by Gasteiger charge is 2.39. The van der Waals surface area contributed by atoms with Crippen LogP contribution in [-0.4, -0.2) is 35.2 Å². The summed E-state index contributed by atoms with van der Waals surface area (Å²) in [6.45, 7) is 8.83. The average molecular weight is 278 g/mol. The molecule has 0 amide bonds. The van der Waals surface area contributed by atoms with Gasteiger partial charge in [-0.3, -0.25) is 11.3 Å². The van der Waals surface area contributed by atoms with Crippen LogP contribution >= 0.6 is 0 Å². The Hall–Kier alpha value is 0.0169. The van der Waals surface area contributed by atoms with Gasteiger partial charge in [0.25, 0.3) is 0 Å². The summed E-state index contributed by atoms with van der Waals surface area (Å²) in [6, 6.07) is 0.915. The molecule has 0 fully saturated rings. The summed E-state index contributed by atoms with van der Waals surface area (Å²) in [5.74, 6) is 5.23. The molecule has 0 saturated carbocycles. The SMILES string of the molecule is CCO[Si](CCCCCCNN)(OCC)OCC. The van der Waals surface area contributed by atoms with Gasteiger partial charge in [-0.25, -0.2) is 0 Å². The first-order valence-corrected chi connectivity index (χ1v) is 9.03. The number of nitrogens with two attached hydrogens (primary N) is 1. The van der Waals surface area contributed by atoms with E-state index in [1.807, 2.05) is 20.8 Å². The summed E-state index contributed by atoms with van der Waals surface area (Å²) in [6.07, 6.45) is 4.56. The largest absolute Gasteiger partial charge is 0.500 e. The van der Waals surface area contributed by atoms with Gasteiger partial charge < -0.3 is 13.3 Å². The maximum atomic E-state index is 5.80. The maximum Gasteiger partial charge on any atom is 0.500 e. The van der Waals surface area contributed by atoms with E-state index in [9.17, 15) is 0 Å². The van der Waals surface area contributed by atoms with Gasteiger partial charge in [-0.15, -0.1) is 0 Å². The Balaban J connectivity index is 3.97. The molecule has 110 valence electrons.